The lowest BCUT2D eigenvalue weighted by Crippen LogP contribution is -2.15. The number of hydrogen-bond donors (Lipinski definition) is 1. The summed E-state index contributed by atoms with van der Waals surface area (Å²) in [6, 6.07) is 0.224. The van der Waals surface area contributed by atoms with Crippen LogP contribution in [0, 0.1) is 5.92 Å². The Kier molecular flexibility index (Phi) is 8.58. The van der Waals surface area contributed by atoms with Crippen LogP contribution in [-0.2, 0) is 0 Å². The van der Waals surface area contributed by atoms with E-state index in [-0.39, 0.29) is 6.04 Å². The second-order valence-corrected chi connectivity index (χ2v) is 5.41. The first-order chi connectivity index (χ1) is 8.79. The highest BCUT2D eigenvalue weighted by Gasteiger charge is 1.98. The highest BCUT2D eigenvalue weighted by Crippen LogP contribution is 2.12. The van der Waals surface area contributed by atoms with Gasteiger partial charge in [0.1, 0.15) is 0 Å². The van der Waals surface area contributed by atoms with Crippen molar-refractivity contribution >= 4 is 0 Å². The molecule has 0 aliphatic heterocycles. The Morgan fingerprint density at radius 2 is 1.50 bits per heavy atom. The molecule has 0 saturated heterocycles. The van der Waals surface area contributed by atoms with E-state index in [0.29, 0.717) is 5.92 Å². The van der Waals surface area contributed by atoms with Gasteiger partial charge in [0, 0.05) is 6.04 Å². The Morgan fingerprint density at radius 1 is 0.778 bits per heavy atom. The molecular weight excluding hydrogens is 218 g/mol. The summed E-state index contributed by atoms with van der Waals surface area (Å²) in [4.78, 5) is 0. The molecule has 1 rings (SSSR count). The standard InChI is InChI=1S/C17H29N/c1-16-12-8-6-4-2-3-5-7-9-14-17(18)15-11-10-13-16/h2-3,9-10,13-14,16-17H,4-8,11-12,15,18H2,1H3. The third-order valence-corrected chi connectivity index (χ3v) is 3.46. The van der Waals surface area contributed by atoms with Crippen molar-refractivity contribution in [2.75, 3.05) is 0 Å². The maximum atomic E-state index is 6.04. The fourth-order valence-electron chi connectivity index (χ4n) is 2.24. The Labute approximate surface area is 113 Å². The lowest BCUT2D eigenvalue weighted by Gasteiger charge is -2.07. The summed E-state index contributed by atoms with van der Waals surface area (Å²) in [6.07, 6.45) is 23.4. The molecule has 0 heterocycles. The first kappa shape index (κ1) is 15.2. The molecule has 18 heavy (non-hydrogen) atoms. The molecule has 1 aliphatic rings. The van der Waals surface area contributed by atoms with E-state index >= 15 is 0 Å². The minimum absolute atomic E-state index is 0.224. The molecule has 2 N–H and O–H groups in total. The third-order valence-electron chi connectivity index (χ3n) is 3.46. The molecule has 1 heteroatoms. The van der Waals surface area contributed by atoms with Crippen LogP contribution in [0.1, 0.15) is 58.3 Å². The quantitative estimate of drug-likeness (QED) is 0.614. The zero-order valence-electron chi connectivity index (χ0n) is 11.9. The van der Waals surface area contributed by atoms with Gasteiger partial charge in [-0.05, 0) is 50.9 Å². The lowest BCUT2D eigenvalue weighted by molar-refractivity contribution is 0.582. The van der Waals surface area contributed by atoms with Gasteiger partial charge in [-0.15, -0.1) is 0 Å². The maximum absolute atomic E-state index is 6.04. The second-order valence-electron chi connectivity index (χ2n) is 5.41. The summed E-state index contributed by atoms with van der Waals surface area (Å²) < 4.78 is 0. The predicted molar refractivity (Wildman–Crippen MR) is 81.5 cm³/mol. The van der Waals surface area contributed by atoms with E-state index in [2.05, 4.69) is 43.4 Å². The average molecular weight is 247 g/mol. The number of rotatable bonds is 0. The van der Waals surface area contributed by atoms with Crippen LogP contribution in [0.5, 0.6) is 0 Å². The number of allylic oxidation sites excluding steroid dienone is 5. The van der Waals surface area contributed by atoms with Crippen LogP contribution in [-0.4, -0.2) is 6.04 Å². The molecular formula is C17H29N. The van der Waals surface area contributed by atoms with Crippen LogP contribution in [0.4, 0.5) is 0 Å². The molecule has 0 spiro atoms. The molecule has 2 unspecified atom stereocenters. The van der Waals surface area contributed by atoms with E-state index in [1.807, 2.05) is 0 Å². The fraction of sp³-hybridized carbons (Fsp3) is 0.647. The summed E-state index contributed by atoms with van der Waals surface area (Å²) >= 11 is 0. The van der Waals surface area contributed by atoms with Crippen LogP contribution in [0.2, 0.25) is 0 Å². The first-order valence-corrected chi connectivity index (χ1v) is 7.53. The van der Waals surface area contributed by atoms with Crippen LogP contribution >= 0.6 is 0 Å². The summed E-state index contributed by atoms with van der Waals surface area (Å²) in [5.41, 5.74) is 6.04. The zero-order chi connectivity index (χ0) is 13.1. The molecule has 0 aromatic carbocycles. The zero-order valence-corrected chi connectivity index (χ0v) is 11.9. The van der Waals surface area contributed by atoms with Gasteiger partial charge in [-0.1, -0.05) is 49.8 Å². The Balaban J connectivity index is 2.40. The molecule has 0 amide bonds. The number of nitrogens with two attached hydrogens (primary N) is 1. The summed E-state index contributed by atoms with van der Waals surface area (Å²) in [5, 5.41) is 0. The molecule has 0 aromatic rings. The van der Waals surface area contributed by atoms with Gasteiger partial charge in [0.05, 0.1) is 0 Å². The predicted octanol–water partition coefficient (Wildman–Crippen LogP) is 4.75. The van der Waals surface area contributed by atoms with E-state index in [1.54, 1.807) is 0 Å². The van der Waals surface area contributed by atoms with Crippen LogP contribution in [0.3, 0.4) is 0 Å². The fourth-order valence-corrected chi connectivity index (χ4v) is 2.24. The molecule has 2 atom stereocenters. The van der Waals surface area contributed by atoms with Gasteiger partial charge in [0.25, 0.3) is 0 Å². The molecule has 0 fully saturated rings. The van der Waals surface area contributed by atoms with E-state index in [1.165, 1.54) is 25.7 Å². The normalized spacial score (nSPS) is 28.3. The van der Waals surface area contributed by atoms with Crippen molar-refractivity contribution in [2.24, 2.45) is 11.7 Å². The first-order valence-electron chi connectivity index (χ1n) is 7.53. The monoisotopic (exact) mass is 247 g/mol. The minimum Gasteiger partial charge on any atom is -0.324 e. The SMILES string of the molecule is CC1C=CCCC(N)C=CCCC=CCCCC1. The smallest absolute Gasteiger partial charge is 0.0226 e. The van der Waals surface area contributed by atoms with Crippen LogP contribution in [0.25, 0.3) is 0 Å². The largest absolute Gasteiger partial charge is 0.324 e. The maximum Gasteiger partial charge on any atom is 0.0226 e. The van der Waals surface area contributed by atoms with E-state index in [4.69, 9.17) is 5.73 Å². The van der Waals surface area contributed by atoms with Gasteiger partial charge in [-0.3, -0.25) is 0 Å². The van der Waals surface area contributed by atoms with E-state index in [9.17, 15) is 0 Å². The molecule has 0 radical (unpaired) electrons. The van der Waals surface area contributed by atoms with Crippen molar-refractivity contribution in [3.8, 4) is 0 Å². The van der Waals surface area contributed by atoms with Crippen molar-refractivity contribution in [2.45, 2.75) is 64.3 Å². The van der Waals surface area contributed by atoms with Gasteiger partial charge in [-0.2, -0.15) is 0 Å². The second kappa shape index (κ2) is 10.1. The highest BCUT2D eigenvalue weighted by atomic mass is 14.6. The molecule has 1 nitrogen and oxygen atoms in total. The number of hydrogen-bond acceptors (Lipinski definition) is 1. The van der Waals surface area contributed by atoms with Gasteiger partial charge >= 0.3 is 0 Å². The summed E-state index contributed by atoms with van der Waals surface area (Å²) in [5.74, 6) is 0.716. The third kappa shape index (κ3) is 8.30. The highest BCUT2D eigenvalue weighted by molar-refractivity contribution is 4.96. The van der Waals surface area contributed by atoms with Crippen molar-refractivity contribution in [3.05, 3.63) is 36.5 Å². The Morgan fingerprint density at radius 3 is 2.39 bits per heavy atom. The molecule has 0 bridgehead atoms. The van der Waals surface area contributed by atoms with Crippen LogP contribution < -0.4 is 5.73 Å². The van der Waals surface area contributed by atoms with E-state index in [0.717, 1.165) is 25.7 Å². The minimum atomic E-state index is 0.224. The molecule has 0 saturated carbocycles. The van der Waals surface area contributed by atoms with Crippen molar-refractivity contribution in [3.63, 3.8) is 0 Å². The van der Waals surface area contributed by atoms with Gasteiger partial charge in [0.2, 0.25) is 0 Å². The van der Waals surface area contributed by atoms with Gasteiger partial charge in [0.15, 0.2) is 0 Å². The summed E-state index contributed by atoms with van der Waals surface area (Å²) in [7, 11) is 0. The average Bonchev–Trinajstić information content (AvgIpc) is 2.35. The van der Waals surface area contributed by atoms with Crippen molar-refractivity contribution in [1.82, 2.24) is 0 Å². The Hall–Kier alpha value is -0.820. The molecule has 0 aromatic heterocycles. The summed E-state index contributed by atoms with van der Waals surface area (Å²) in [6.45, 7) is 2.31. The lowest BCUT2D eigenvalue weighted by atomic mass is 10.0. The molecule has 102 valence electrons. The van der Waals surface area contributed by atoms with Gasteiger partial charge in [-0.25, -0.2) is 0 Å². The van der Waals surface area contributed by atoms with Crippen LogP contribution in [0.15, 0.2) is 36.5 Å². The van der Waals surface area contributed by atoms with Gasteiger partial charge < -0.3 is 5.73 Å². The van der Waals surface area contributed by atoms with Crippen molar-refractivity contribution < 1.29 is 0 Å². The van der Waals surface area contributed by atoms with Crippen molar-refractivity contribution in [1.29, 1.82) is 0 Å². The topological polar surface area (TPSA) is 26.0 Å². The Bertz CT molecular complexity index is 275. The molecule has 1 aliphatic carbocycles. The van der Waals surface area contributed by atoms with E-state index < -0.39 is 0 Å².